The van der Waals surface area contributed by atoms with Crippen molar-refractivity contribution < 1.29 is 4.79 Å². The minimum atomic E-state index is -0.0799. The first kappa shape index (κ1) is 14.7. The number of rotatable bonds is 4. The zero-order valence-electron chi connectivity index (χ0n) is 11.2. The maximum Gasteiger partial charge on any atom is 0.223 e. The van der Waals surface area contributed by atoms with E-state index in [9.17, 15) is 4.79 Å². The summed E-state index contributed by atoms with van der Waals surface area (Å²) in [4.78, 5) is 19.5. The Morgan fingerprint density at radius 2 is 2.00 bits per heavy atom. The van der Waals surface area contributed by atoms with Crippen LogP contribution in [0.25, 0.3) is 0 Å². The van der Waals surface area contributed by atoms with Crippen LogP contribution < -0.4 is 10.6 Å². The number of benzene rings is 1. The molecule has 5 nitrogen and oxygen atoms in total. The van der Waals surface area contributed by atoms with Gasteiger partial charge in [0.1, 0.15) is 0 Å². The molecule has 1 unspecified atom stereocenters. The number of nitrogens with zero attached hydrogens (tertiary/aromatic N) is 2. The lowest BCUT2D eigenvalue weighted by molar-refractivity contribution is -0.114. The van der Waals surface area contributed by atoms with E-state index in [1.54, 1.807) is 12.4 Å². The first-order valence-electron chi connectivity index (χ1n) is 6.16. The SMILES string of the molecule is CC(=O)Nc1cccc(C(C)Nc2ncc(I)cn2)c1. The Morgan fingerprint density at radius 3 is 2.65 bits per heavy atom. The predicted molar refractivity (Wildman–Crippen MR) is 87.5 cm³/mol. The number of aromatic nitrogens is 2. The average Bonchev–Trinajstić information content (AvgIpc) is 2.41. The van der Waals surface area contributed by atoms with Crippen molar-refractivity contribution in [3.8, 4) is 0 Å². The molecule has 1 aromatic carbocycles. The summed E-state index contributed by atoms with van der Waals surface area (Å²) in [5.74, 6) is 0.506. The van der Waals surface area contributed by atoms with Gasteiger partial charge in [0, 0.05) is 28.6 Å². The third kappa shape index (κ3) is 4.16. The van der Waals surface area contributed by atoms with E-state index in [4.69, 9.17) is 0 Å². The Balaban J connectivity index is 2.10. The summed E-state index contributed by atoms with van der Waals surface area (Å²) in [6.07, 6.45) is 3.52. The van der Waals surface area contributed by atoms with Gasteiger partial charge in [-0.1, -0.05) is 12.1 Å². The van der Waals surface area contributed by atoms with Crippen LogP contribution in [0.5, 0.6) is 0 Å². The van der Waals surface area contributed by atoms with E-state index in [0.717, 1.165) is 14.8 Å². The topological polar surface area (TPSA) is 66.9 Å². The Kier molecular flexibility index (Phi) is 4.89. The molecule has 0 aliphatic heterocycles. The second-order valence-corrected chi connectivity index (χ2v) is 5.64. The van der Waals surface area contributed by atoms with Gasteiger partial charge in [0.05, 0.1) is 6.04 Å². The van der Waals surface area contributed by atoms with E-state index in [-0.39, 0.29) is 11.9 Å². The summed E-state index contributed by atoms with van der Waals surface area (Å²) >= 11 is 2.16. The van der Waals surface area contributed by atoms with Crippen molar-refractivity contribution in [1.82, 2.24) is 9.97 Å². The highest BCUT2D eigenvalue weighted by molar-refractivity contribution is 14.1. The number of carbonyl (C=O) groups is 1. The molecule has 0 spiro atoms. The van der Waals surface area contributed by atoms with Gasteiger partial charge in [-0.25, -0.2) is 9.97 Å². The van der Waals surface area contributed by atoms with Crippen molar-refractivity contribution in [3.63, 3.8) is 0 Å². The van der Waals surface area contributed by atoms with Gasteiger partial charge in [0.15, 0.2) is 0 Å². The number of carbonyl (C=O) groups excluding carboxylic acids is 1. The maximum atomic E-state index is 11.1. The lowest BCUT2D eigenvalue weighted by atomic mass is 10.1. The van der Waals surface area contributed by atoms with Crippen LogP contribution in [0.1, 0.15) is 25.5 Å². The summed E-state index contributed by atoms with van der Waals surface area (Å²) in [6.45, 7) is 3.52. The van der Waals surface area contributed by atoms with Gasteiger partial charge in [-0.15, -0.1) is 0 Å². The third-order valence-corrected chi connectivity index (χ3v) is 3.23. The molecule has 1 heterocycles. The fraction of sp³-hybridized carbons (Fsp3) is 0.214. The zero-order chi connectivity index (χ0) is 14.5. The smallest absolute Gasteiger partial charge is 0.223 e. The third-order valence-electron chi connectivity index (χ3n) is 2.67. The summed E-state index contributed by atoms with van der Waals surface area (Å²) in [5, 5.41) is 6.00. The van der Waals surface area contributed by atoms with Crippen LogP contribution in [0.3, 0.4) is 0 Å². The monoisotopic (exact) mass is 382 g/mol. The molecule has 0 aliphatic rings. The van der Waals surface area contributed by atoms with E-state index in [1.807, 2.05) is 31.2 Å². The lowest BCUT2D eigenvalue weighted by Crippen LogP contribution is -2.11. The fourth-order valence-corrected chi connectivity index (χ4v) is 2.03. The molecule has 0 bridgehead atoms. The molecule has 20 heavy (non-hydrogen) atoms. The Morgan fingerprint density at radius 1 is 1.30 bits per heavy atom. The van der Waals surface area contributed by atoms with E-state index >= 15 is 0 Å². The molecular weight excluding hydrogens is 367 g/mol. The molecule has 104 valence electrons. The van der Waals surface area contributed by atoms with Gasteiger partial charge in [-0.3, -0.25) is 4.79 Å². The van der Waals surface area contributed by atoms with Gasteiger partial charge >= 0.3 is 0 Å². The normalized spacial score (nSPS) is 11.8. The van der Waals surface area contributed by atoms with Gasteiger partial charge in [0.25, 0.3) is 0 Å². The number of hydrogen-bond donors (Lipinski definition) is 2. The van der Waals surface area contributed by atoms with Gasteiger partial charge < -0.3 is 10.6 Å². The van der Waals surface area contributed by atoms with Crippen LogP contribution in [-0.2, 0) is 4.79 Å². The highest BCUT2D eigenvalue weighted by Crippen LogP contribution is 2.20. The van der Waals surface area contributed by atoms with Crippen LogP contribution >= 0.6 is 22.6 Å². The summed E-state index contributed by atoms with van der Waals surface area (Å²) in [5.41, 5.74) is 1.84. The molecule has 1 aromatic heterocycles. The number of hydrogen-bond acceptors (Lipinski definition) is 4. The molecule has 1 atom stereocenters. The van der Waals surface area contributed by atoms with E-state index in [0.29, 0.717) is 5.95 Å². The largest absolute Gasteiger partial charge is 0.348 e. The minimum Gasteiger partial charge on any atom is -0.348 e. The summed E-state index contributed by atoms with van der Waals surface area (Å²) < 4.78 is 0.994. The minimum absolute atomic E-state index is 0.0452. The van der Waals surface area contributed by atoms with Crippen molar-refractivity contribution in [3.05, 3.63) is 45.8 Å². The van der Waals surface area contributed by atoms with Crippen molar-refractivity contribution in [2.24, 2.45) is 0 Å². The second kappa shape index (κ2) is 6.65. The lowest BCUT2D eigenvalue weighted by Gasteiger charge is -2.15. The number of halogens is 1. The van der Waals surface area contributed by atoms with Crippen LogP contribution in [0.4, 0.5) is 11.6 Å². The standard InChI is InChI=1S/C14H15IN4O/c1-9(18-14-16-7-12(15)8-17-14)11-4-3-5-13(6-11)19-10(2)20/h3-9H,1-2H3,(H,19,20)(H,16,17,18). The molecule has 2 N–H and O–H groups in total. The Bertz CT molecular complexity index is 600. The molecule has 2 aromatic rings. The summed E-state index contributed by atoms with van der Waals surface area (Å²) in [6, 6.07) is 7.75. The maximum absolute atomic E-state index is 11.1. The van der Waals surface area contributed by atoms with Crippen molar-refractivity contribution in [2.75, 3.05) is 10.6 Å². The number of nitrogens with one attached hydrogen (secondary N) is 2. The molecule has 0 saturated heterocycles. The zero-order valence-corrected chi connectivity index (χ0v) is 13.4. The Labute approximate surface area is 131 Å². The fourth-order valence-electron chi connectivity index (χ4n) is 1.75. The molecule has 0 radical (unpaired) electrons. The van der Waals surface area contributed by atoms with Crippen molar-refractivity contribution in [2.45, 2.75) is 19.9 Å². The molecule has 0 fully saturated rings. The molecule has 0 saturated carbocycles. The quantitative estimate of drug-likeness (QED) is 0.797. The van der Waals surface area contributed by atoms with Gasteiger partial charge in [-0.2, -0.15) is 0 Å². The Hall–Kier alpha value is -1.70. The number of anilines is 2. The number of amides is 1. The van der Waals surface area contributed by atoms with Crippen LogP contribution in [0, 0.1) is 3.57 Å². The van der Waals surface area contributed by atoms with Crippen LogP contribution in [0.15, 0.2) is 36.7 Å². The van der Waals surface area contributed by atoms with Crippen LogP contribution in [0.2, 0.25) is 0 Å². The van der Waals surface area contributed by atoms with Crippen molar-refractivity contribution in [1.29, 1.82) is 0 Å². The molecule has 0 aliphatic carbocycles. The van der Waals surface area contributed by atoms with E-state index in [1.165, 1.54) is 6.92 Å². The van der Waals surface area contributed by atoms with Crippen molar-refractivity contribution >= 4 is 40.1 Å². The van der Waals surface area contributed by atoms with E-state index < -0.39 is 0 Å². The second-order valence-electron chi connectivity index (χ2n) is 4.40. The molecular formula is C14H15IN4O. The molecule has 1 amide bonds. The predicted octanol–water partition coefficient (Wildman–Crippen LogP) is 3.21. The first-order valence-corrected chi connectivity index (χ1v) is 7.24. The average molecular weight is 382 g/mol. The van der Waals surface area contributed by atoms with Crippen LogP contribution in [-0.4, -0.2) is 15.9 Å². The van der Waals surface area contributed by atoms with E-state index in [2.05, 4.69) is 43.2 Å². The van der Waals surface area contributed by atoms with Gasteiger partial charge in [0.2, 0.25) is 11.9 Å². The van der Waals surface area contributed by atoms with Gasteiger partial charge in [-0.05, 0) is 47.2 Å². The first-order chi connectivity index (χ1) is 9.54. The summed E-state index contributed by atoms with van der Waals surface area (Å²) in [7, 11) is 0. The molecule has 6 heteroatoms. The molecule has 2 rings (SSSR count). The highest BCUT2D eigenvalue weighted by Gasteiger charge is 2.08. The highest BCUT2D eigenvalue weighted by atomic mass is 127.